The molecule has 0 radical (unpaired) electrons. The van der Waals surface area contributed by atoms with E-state index >= 15 is 0 Å². The second-order valence-corrected chi connectivity index (χ2v) is 5.24. The molecule has 4 nitrogen and oxygen atoms in total. The molecule has 1 aromatic rings. The normalized spacial score (nSPS) is 22.1. The minimum atomic E-state index is 0.100. The summed E-state index contributed by atoms with van der Waals surface area (Å²) in [5.41, 5.74) is 2.35. The number of carbonyl (C=O) groups is 1. The van der Waals surface area contributed by atoms with Crippen LogP contribution in [0, 0.1) is 5.92 Å². The minimum Gasteiger partial charge on any atom is -0.493 e. The third-order valence-electron chi connectivity index (χ3n) is 4.01. The van der Waals surface area contributed by atoms with E-state index in [1.54, 1.807) is 0 Å². The molecule has 0 saturated carbocycles. The maximum absolute atomic E-state index is 12.1. The summed E-state index contributed by atoms with van der Waals surface area (Å²) < 4.78 is 5.79. The Kier molecular flexibility index (Phi) is 3.42. The van der Waals surface area contributed by atoms with Gasteiger partial charge in [-0.3, -0.25) is 4.79 Å². The van der Waals surface area contributed by atoms with Gasteiger partial charge in [0.1, 0.15) is 5.75 Å². The summed E-state index contributed by atoms with van der Waals surface area (Å²) in [4.78, 5) is 12.1. The SMILES string of the molecule is CCc1cccc2c1OCCC2NC(=O)C1CNC1. The molecule has 2 heterocycles. The largest absolute Gasteiger partial charge is 0.493 e. The summed E-state index contributed by atoms with van der Waals surface area (Å²) in [5, 5.41) is 6.30. The average Bonchev–Trinajstić information content (AvgIpc) is 2.36. The lowest BCUT2D eigenvalue weighted by atomic mass is 9.95. The molecular weight excluding hydrogens is 240 g/mol. The van der Waals surface area contributed by atoms with E-state index < -0.39 is 0 Å². The lowest BCUT2D eigenvalue weighted by Gasteiger charge is -2.32. The molecule has 2 N–H and O–H groups in total. The Bertz CT molecular complexity index is 483. The van der Waals surface area contributed by atoms with Crippen molar-refractivity contribution in [1.29, 1.82) is 0 Å². The Hall–Kier alpha value is -1.55. The van der Waals surface area contributed by atoms with E-state index in [0.717, 1.165) is 37.2 Å². The molecule has 1 atom stereocenters. The van der Waals surface area contributed by atoms with Crippen molar-refractivity contribution in [3.05, 3.63) is 29.3 Å². The highest BCUT2D eigenvalue weighted by molar-refractivity contribution is 5.80. The van der Waals surface area contributed by atoms with Crippen molar-refractivity contribution in [1.82, 2.24) is 10.6 Å². The standard InChI is InChI=1S/C15H20N2O2/c1-2-10-4-3-5-12-13(6-7-19-14(10)12)17-15(18)11-8-16-9-11/h3-5,11,13,16H,2,6-9H2,1H3,(H,17,18). The first kappa shape index (κ1) is 12.5. The van der Waals surface area contributed by atoms with Crippen LogP contribution in [-0.4, -0.2) is 25.6 Å². The van der Waals surface area contributed by atoms with Crippen LogP contribution in [0.2, 0.25) is 0 Å². The maximum Gasteiger partial charge on any atom is 0.226 e. The molecule has 0 aliphatic carbocycles. The average molecular weight is 260 g/mol. The van der Waals surface area contributed by atoms with Gasteiger partial charge in [-0.15, -0.1) is 0 Å². The predicted octanol–water partition coefficient (Wildman–Crippen LogP) is 1.41. The number of benzene rings is 1. The van der Waals surface area contributed by atoms with Gasteiger partial charge in [-0.1, -0.05) is 25.1 Å². The van der Waals surface area contributed by atoms with Gasteiger partial charge in [0.05, 0.1) is 18.6 Å². The highest BCUT2D eigenvalue weighted by Crippen LogP contribution is 2.35. The summed E-state index contributed by atoms with van der Waals surface area (Å²) in [6.45, 7) is 4.41. The molecule has 2 aliphatic heterocycles. The van der Waals surface area contributed by atoms with Crippen molar-refractivity contribution in [3.8, 4) is 5.75 Å². The van der Waals surface area contributed by atoms with E-state index in [-0.39, 0.29) is 17.9 Å². The minimum absolute atomic E-state index is 0.100. The van der Waals surface area contributed by atoms with Crippen molar-refractivity contribution in [3.63, 3.8) is 0 Å². The van der Waals surface area contributed by atoms with Crippen LogP contribution in [-0.2, 0) is 11.2 Å². The smallest absolute Gasteiger partial charge is 0.226 e. The first-order valence-electron chi connectivity index (χ1n) is 7.05. The monoisotopic (exact) mass is 260 g/mol. The molecular formula is C15H20N2O2. The lowest BCUT2D eigenvalue weighted by molar-refractivity contribution is -0.127. The molecule has 4 heteroatoms. The molecule has 19 heavy (non-hydrogen) atoms. The van der Waals surface area contributed by atoms with Crippen molar-refractivity contribution < 1.29 is 9.53 Å². The van der Waals surface area contributed by atoms with E-state index in [0.29, 0.717) is 6.61 Å². The number of fused-ring (bicyclic) bond motifs is 1. The first-order valence-corrected chi connectivity index (χ1v) is 7.05. The fraction of sp³-hybridized carbons (Fsp3) is 0.533. The number of aryl methyl sites for hydroxylation is 1. The van der Waals surface area contributed by atoms with E-state index in [1.165, 1.54) is 5.56 Å². The van der Waals surface area contributed by atoms with E-state index in [4.69, 9.17) is 4.74 Å². The van der Waals surface area contributed by atoms with Crippen LogP contribution in [0.5, 0.6) is 5.75 Å². The summed E-state index contributed by atoms with van der Waals surface area (Å²) in [7, 11) is 0. The third kappa shape index (κ3) is 2.32. The van der Waals surface area contributed by atoms with Gasteiger partial charge in [-0.05, 0) is 12.0 Å². The lowest BCUT2D eigenvalue weighted by Crippen LogP contribution is -2.51. The van der Waals surface area contributed by atoms with Crippen LogP contribution in [0.15, 0.2) is 18.2 Å². The van der Waals surface area contributed by atoms with Crippen LogP contribution >= 0.6 is 0 Å². The van der Waals surface area contributed by atoms with Crippen molar-refractivity contribution >= 4 is 5.91 Å². The molecule has 1 amide bonds. The van der Waals surface area contributed by atoms with Crippen LogP contribution < -0.4 is 15.4 Å². The Balaban J connectivity index is 1.80. The van der Waals surface area contributed by atoms with Gasteiger partial charge in [0.15, 0.2) is 0 Å². The van der Waals surface area contributed by atoms with Gasteiger partial charge in [-0.25, -0.2) is 0 Å². The molecule has 1 aromatic carbocycles. The number of hydrogen-bond donors (Lipinski definition) is 2. The molecule has 2 aliphatic rings. The molecule has 1 fully saturated rings. The molecule has 102 valence electrons. The van der Waals surface area contributed by atoms with Crippen molar-refractivity contribution in [2.45, 2.75) is 25.8 Å². The van der Waals surface area contributed by atoms with Gasteiger partial charge >= 0.3 is 0 Å². The zero-order valence-electron chi connectivity index (χ0n) is 11.2. The Morgan fingerprint density at radius 1 is 1.47 bits per heavy atom. The highest BCUT2D eigenvalue weighted by atomic mass is 16.5. The molecule has 1 unspecified atom stereocenters. The summed E-state index contributed by atoms with van der Waals surface area (Å²) >= 11 is 0. The van der Waals surface area contributed by atoms with Gasteiger partial charge < -0.3 is 15.4 Å². The molecule has 1 saturated heterocycles. The van der Waals surface area contributed by atoms with Gasteiger partial charge in [0.25, 0.3) is 0 Å². The second-order valence-electron chi connectivity index (χ2n) is 5.24. The fourth-order valence-corrected chi connectivity index (χ4v) is 2.68. The number of nitrogens with one attached hydrogen (secondary N) is 2. The summed E-state index contributed by atoms with van der Waals surface area (Å²) in [6, 6.07) is 6.32. The number of carbonyl (C=O) groups excluding carboxylic acids is 1. The second kappa shape index (κ2) is 5.21. The number of para-hydroxylation sites is 1. The predicted molar refractivity (Wildman–Crippen MR) is 73.2 cm³/mol. The highest BCUT2D eigenvalue weighted by Gasteiger charge is 2.29. The molecule has 0 aromatic heterocycles. The zero-order valence-corrected chi connectivity index (χ0v) is 11.2. The number of rotatable bonds is 3. The number of amides is 1. The first-order chi connectivity index (χ1) is 9.29. The summed E-state index contributed by atoms with van der Waals surface area (Å²) in [5.74, 6) is 1.28. The Labute approximate surface area is 113 Å². The van der Waals surface area contributed by atoms with E-state index in [2.05, 4.69) is 35.8 Å². The molecule has 0 bridgehead atoms. The maximum atomic E-state index is 12.1. The zero-order chi connectivity index (χ0) is 13.2. The Morgan fingerprint density at radius 2 is 2.32 bits per heavy atom. The quantitative estimate of drug-likeness (QED) is 0.864. The topological polar surface area (TPSA) is 50.4 Å². The van der Waals surface area contributed by atoms with Crippen LogP contribution in [0.25, 0.3) is 0 Å². The summed E-state index contributed by atoms with van der Waals surface area (Å²) in [6.07, 6.45) is 1.81. The van der Waals surface area contributed by atoms with Crippen molar-refractivity contribution in [2.75, 3.05) is 19.7 Å². The van der Waals surface area contributed by atoms with Gasteiger partial charge in [0.2, 0.25) is 5.91 Å². The Morgan fingerprint density at radius 3 is 3.00 bits per heavy atom. The van der Waals surface area contributed by atoms with Crippen molar-refractivity contribution in [2.24, 2.45) is 5.92 Å². The van der Waals surface area contributed by atoms with Crippen LogP contribution in [0.3, 0.4) is 0 Å². The number of ether oxygens (including phenoxy) is 1. The number of hydrogen-bond acceptors (Lipinski definition) is 3. The van der Waals surface area contributed by atoms with E-state index in [1.807, 2.05) is 0 Å². The van der Waals surface area contributed by atoms with Gasteiger partial charge in [-0.2, -0.15) is 0 Å². The fourth-order valence-electron chi connectivity index (χ4n) is 2.68. The molecule has 3 rings (SSSR count). The van der Waals surface area contributed by atoms with Crippen LogP contribution in [0.1, 0.15) is 30.5 Å². The molecule has 0 spiro atoms. The van der Waals surface area contributed by atoms with E-state index in [9.17, 15) is 4.79 Å². The third-order valence-corrected chi connectivity index (χ3v) is 4.01. The van der Waals surface area contributed by atoms with Gasteiger partial charge in [0, 0.05) is 25.1 Å². The van der Waals surface area contributed by atoms with Crippen LogP contribution in [0.4, 0.5) is 0 Å².